The number of rotatable bonds is 5. The first-order valence-corrected chi connectivity index (χ1v) is 9.85. The lowest BCUT2D eigenvalue weighted by Gasteiger charge is -2.04. The van der Waals surface area contributed by atoms with E-state index in [-0.39, 0.29) is 5.91 Å². The number of thiazole rings is 1. The number of aromatic nitrogens is 2. The summed E-state index contributed by atoms with van der Waals surface area (Å²) in [6, 6.07) is 13.0. The van der Waals surface area contributed by atoms with Crippen molar-refractivity contribution in [3.63, 3.8) is 0 Å². The molecule has 0 radical (unpaired) electrons. The minimum Gasteiger partial charge on any atom is -0.451 e. The fraction of sp³-hybridized carbons (Fsp3) is 0.105. The number of furan rings is 1. The van der Waals surface area contributed by atoms with Crippen molar-refractivity contribution in [2.45, 2.75) is 17.0 Å². The van der Waals surface area contributed by atoms with E-state index in [1.54, 1.807) is 41.4 Å². The van der Waals surface area contributed by atoms with Gasteiger partial charge in [0.05, 0.1) is 0 Å². The normalized spacial score (nSPS) is 11.0. The van der Waals surface area contributed by atoms with Gasteiger partial charge in [-0.1, -0.05) is 36.0 Å². The summed E-state index contributed by atoms with van der Waals surface area (Å²) < 4.78 is 6.83. The van der Waals surface area contributed by atoms with Crippen LogP contribution in [0.25, 0.3) is 11.0 Å². The summed E-state index contributed by atoms with van der Waals surface area (Å²) in [5, 5.41) is 5.76. The van der Waals surface area contributed by atoms with Crippen molar-refractivity contribution in [2.75, 3.05) is 5.32 Å². The highest BCUT2D eigenvalue weighted by Crippen LogP contribution is 2.33. The maximum absolute atomic E-state index is 12.8. The number of aryl methyl sites for hydroxylation is 1. The van der Waals surface area contributed by atoms with Crippen LogP contribution in [-0.4, -0.2) is 15.9 Å². The molecule has 3 heterocycles. The van der Waals surface area contributed by atoms with Gasteiger partial charge in [0.1, 0.15) is 15.7 Å². The van der Waals surface area contributed by atoms with Crippen LogP contribution in [0.3, 0.4) is 0 Å². The number of carbonyl (C=O) groups is 1. The standard InChI is InChI=1S/C19H15N3O2S2/c1-12-10-25-19(21-12)26-11-14-13-6-2-3-7-15(13)24-17(14)18(23)22-16-8-4-5-9-20-16/h2-10H,11H2,1H3,(H,20,22,23). The Hall–Kier alpha value is -2.64. The maximum Gasteiger partial charge on any atom is 0.292 e. The largest absolute Gasteiger partial charge is 0.451 e. The molecule has 0 aliphatic heterocycles. The number of benzene rings is 1. The fourth-order valence-electron chi connectivity index (χ4n) is 2.57. The Morgan fingerprint density at radius 2 is 2.08 bits per heavy atom. The van der Waals surface area contributed by atoms with Crippen molar-refractivity contribution in [1.29, 1.82) is 0 Å². The number of hydrogen-bond donors (Lipinski definition) is 1. The van der Waals surface area contributed by atoms with Crippen molar-refractivity contribution in [1.82, 2.24) is 9.97 Å². The van der Waals surface area contributed by atoms with Crippen molar-refractivity contribution in [2.24, 2.45) is 0 Å². The lowest BCUT2D eigenvalue weighted by molar-refractivity contribution is 0.0997. The van der Waals surface area contributed by atoms with Gasteiger partial charge in [0.2, 0.25) is 0 Å². The molecular formula is C19H15N3O2S2. The second kappa shape index (κ2) is 7.31. The van der Waals surface area contributed by atoms with Gasteiger partial charge in [-0.25, -0.2) is 9.97 Å². The first-order chi connectivity index (χ1) is 12.7. The number of nitrogens with zero attached hydrogens (tertiary/aromatic N) is 2. The van der Waals surface area contributed by atoms with E-state index in [2.05, 4.69) is 15.3 Å². The number of pyridine rings is 1. The molecule has 1 aromatic carbocycles. The van der Waals surface area contributed by atoms with Gasteiger partial charge in [0.25, 0.3) is 5.91 Å². The Morgan fingerprint density at radius 1 is 1.23 bits per heavy atom. The molecule has 0 saturated heterocycles. The van der Waals surface area contributed by atoms with E-state index in [9.17, 15) is 4.79 Å². The Kier molecular flexibility index (Phi) is 4.73. The minimum atomic E-state index is -0.300. The predicted molar refractivity (Wildman–Crippen MR) is 105 cm³/mol. The Bertz CT molecular complexity index is 1060. The van der Waals surface area contributed by atoms with Crippen LogP contribution >= 0.6 is 23.1 Å². The van der Waals surface area contributed by atoms with Crippen molar-refractivity contribution in [3.05, 3.63) is 71.1 Å². The predicted octanol–water partition coefficient (Wildman–Crippen LogP) is 5.14. The molecule has 0 bridgehead atoms. The number of para-hydroxylation sites is 1. The molecule has 0 atom stereocenters. The quantitative estimate of drug-likeness (QED) is 0.485. The summed E-state index contributed by atoms with van der Waals surface area (Å²) in [7, 11) is 0. The van der Waals surface area contributed by atoms with Crippen LogP contribution in [-0.2, 0) is 5.75 Å². The lowest BCUT2D eigenvalue weighted by Crippen LogP contribution is -2.13. The maximum atomic E-state index is 12.8. The van der Waals surface area contributed by atoms with Crippen molar-refractivity contribution < 1.29 is 9.21 Å². The van der Waals surface area contributed by atoms with Crippen LogP contribution < -0.4 is 5.32 Å². The average molecular weight is 381 g/mol. The molecule has 7 heteroatoms. The number of hydrogen-bond acceptors (Lipinski definition) is 6. The summed E-state index contributed by atoms with van der Waals surface area (Å²) in [5.41, 5.74) is 2.57. The van der Waals surface area contributed by atoms with Gasteiger partial charge in [-0.05, 0) is 25.1 Å². The van der Waals surface area contributed by atoms with Crippen LogP contribution in [0.5, 0.6) is 0 Å². The third kappa shape index (κ3) is 3.49. The van der Waals surface area contributed by atoms with Crippen LogP contribution in [0.1, 0.15) is 21.8 Å². The molecule has 130 valence electrons. The van der Waals surface area contributed by atoms with Crippen LogP contribution in [0, 0.1) is 6.92 Å². The molecule has 0 spiro atoms. The number of fused-ring (bicyclic) bond motifs is 1. The van der Waals surface area contributed by atoms with Crippen LogP contribution in [0.15, 0.2) is 62.8 Å². The monoisotopic (exact) mass is 381 g/mol. The second-order valence-corrected chi connectivity index (χ2v) is 7.70. The highest BCUT2D eigenvalue weighted by Gasteiger charge is 2.21. The summed E-state index contributed by atoms with van der Waals surface area (Å²) in [5.74, 6) is 1.12. The molecule has 0 unspecified atom stereocenters. The Labute approximate surface area is 158 Å². The number of anilines is 1. The Morgan fingerprint density at radius 3 is 2.85 bits per heavy atom. The molecule has 0 aliphatic carbocycles. The van der Waals surface area contributed by atoms with Crippen molar-refractivity contribution >= 4 is 45.8 Å². The zero-order chi connectivity index (χ0) is 17.9. The van der Waals surface area contributed by atoms with E-state index in [1.807, 2.05) is 42.6 Å². The van der Waals surface area contributed by atoms with Gasteiger partial charge >= 0.3 is 0 Å². The zero-order valence-corrected chi connectivity index (χ0v) is 15.6. The van der Waals surface area contributed by atoms with Gasteiger partial charge in [-0.15, -0.1) is 11.3 Å². The zero-order valence-electron chi connectivity index (χ0n) is 13.9. The van der Waals surface area contributed by atoms with E-state index in [4.69, 9.17) is 4.42 Å². The van der Waals surface area contributed by atoms with Crippen LogP contribution in [0.4, 0.5) is 5.82 Å². The summed E-state index contributed by atoms with van der Waals surface area (Å²) in [6.07, 6.45) is 1.63. The first-order valence-electron chi connectivity index (χ1n) is 7.98. The summed E-state index contributed by atoms with van der Waals surface area (Å²) >= 11 is 3.21. The van der Waals surface area contributed by atoms with Gasteiger partial charge in [-0.3, -0.25) is 4.79 Å². The number of amides is 1. The summed E-state index contributed by atoms with van der Waals surface area (Å²) in [6.45, 7) is 1.97. The van der Waals surface area contributed by atoms with Crippen molar-refractivity contribution in [3.8, 4) is 0 Å². The number of thioether (sulfide) groups is 1. The lowest BCUT2D eigenvalue weighted by atomic mass is 10.1. The van der Waals surface area contributed by atoms with E-state index < -0.39 is 0 Å². The van der Waals surface area contributed by atoms with Gasteiger partial charge in [-0.2, -0.15) is 0 Å². The molecule has 0 saturated carbocycles. The smallest absolute Gasteiger partial charge is 0.292 e. The molecule has 5 nitrogen and oxygen atoms in total. The average Bonchev–Trinajstić information content (AvgIpc) is 3.24. The summed E-state index contributed by atoms with van der Waals surface area (Å²) in [4.78, 5) is 21.4. The third-order valence-corrected chi connectivity index (χ3v) is 5.91. The van der Waals surface area contributed by atoms with E-state index in [0.29, 0.717) is 22.9 Å². The van der Waals surface area contributed by atoms with E-state index in [1.165, 1.54) is 0 Å². The minimum absolute atomic E-state index is 0.300. The molecule has 26 heavy (non-hydrogen) atoms. The molecule has 1 amide bonds. The van der Waals surface area contributed by atoms with E-state index >= 15 is 0 Å². The number of carbonyl (C=O) groups excluding carboxylic acids is 1. The second-order valence-electron chi connectivity index (χ2n) is 5.62. The SMILES string of the molecule is Cc1csc(SCc2c(C(=O)Nc3ccccn3)oc3ccccc23)n1. The topological polar surface area (TPSA) is 68.0 Å². The van der Waals surface area contributed by atoms with Gasteiger partial charge in [0.15, 0.2) is 5.76 Å². The van der Waals surface area contributed by atoms with Gasteiger partial charge < -0.3 is 9.73 Å². The molecule has 1 N–H and O–H groups in total. The van der Waals surface area contributed by atoms with E-state index in [0.717, 1.165) is 21.0 Å². The van der Waals surface area contributed by atoms with Gasteiger partial charge in [0, 0.05) is 34.0 Å². The fourth-order valence-corrected chi connectivity index (χ4v) is 4.44. The number of nitrogens with one attached hydrogen (secondary N) is 1. The Balaban J connectivity index is 1.65. The molecule has 4 aromatic rings. The third-order valence-electron chi connectivity index (χ3n) is 3.75. The molecule has 0 aliphatic rings. The first kappa shape index (κ1) is 16.8. The highest BCUT2D eigenvalue weighted by molar-refractivity contribution is 8.00. The van der Waals surface area contributed by atoms with Crippen LogP contribution in [0.2, 0.25) is 0 Å². The molecule has 0 fully saturated rings. The molecule has 3 aromatic heterocycles. The molecule has 4 rings (SSSR count). The molecular weight excluding hydrogens is 366 g/mol. The highest BCUT2D eigenvalue weighted by atomic mass is 32.2.